The zero-order chi connectivity index (χ0) is 31.8. The lowest BCUT2D eigenvalue weighted by atomic mass is 9.87. The van der Waals surface area contributed by atoms with Crippen LogP contribution in [0.15, 0.2) is 45.5 Å². The van der Waals surface area contributed by atoms with Crippen LogP contribution in [0.1, 0.15) is 67.8 Å². The summed E-state index contributed by atoms with van der Waals surface area (Å²) in [5, 5.41) is 33.6. The molecular weight excluding hydrogens is 596 g/mol. The first-order chi connectivity index (χ1) is 21.6. The SMILES string of the molecule is COC(=O)c1cc2cc3c(c(O)c2c(=O)o1)OC1(Cc2c(O)c4c(c(O)c2O1)C(=O)C(OC)=CC4=O)CC3OC1CCC=CO1. The largest absolute Gasteiger partial charge is 0.507 e. The van der Waals surface area contributed by atoms with Gasteiger partial charge in [0.25, 0.3) is 5.79 Å². The normalized spacial score (nSPS) is 22.9. The Hall–Kier alpha value is -5.50. The molecule has 1 spiro atoms. The number of carbonyl (C=O) groups excluding carboxylic acids is 3. The van der Waals surface area contributed by atoms with Crippen LogP contribution in [0, 0.1) is 0 Å². The van der Waals surface area contributed by atoms with Gasteiger partial charge in [-0.1, -0.05) is 0 Å². The maximum atomic E-state index is 13.0. The third-order valence-electron chi connectivity index (χ3n) is 8.15. The molecule has 45 heavy (non-hydrogen) atoms. The summed E-state index contributed by atoms with van der Waals surface area (Å²) in [6.07, 6.45) is 3.34. The molecule has 3 N–H and O–H groups in total. The van der Waals surface area contributed by atoms with Crippen molar-refractivity contribution in [3.05, 3.63) is 74.7 Å². The summed E-state index contributed by atoms with van der Waals surface area (Å²) in [5.74, 6) is -7.48. The van der Waals surface area contributed by atoms with E-state index in [-0.39, 0.29) is 57.8 Å². The number of phenols is 3. The summed E-state index contributed by atoms with van der Waals surface area (Å²) in [4.78, 5) is 50.9. The van der Waals surface area contributed by atoms with Gasteiger partial charge in [-0.2, -0.15) is 0 Å². The summed E-state index contributed by atoms with van der Waals surface area (Å²) < 4.78 is 39.0. The van der Waals surface area contributed by atoms with E-state index in [1.54, 1.807) is 0 Å². The van der Waals surface area contributed by atoms with Gasteiger partial charge in [0, 0.05) is 23.6 Å². The van der Waals surface area contributed by atoms with E-state index in [2.05, 4.69) is 4.74 Å². The summed E-state index contributed by atoms with van der Waals surface area (Å²) >= 11 is 0. The van der Waals surface area contributed by atoms with E-state index in [0.29, 0.717) is 12.8 Å². The fraction of sp³-hybridized carbons (Fsp3) is 0.290. The molecule has 3 unspecified atom stereocenters. The lowest BCUT2D eigenvalue weighted by Gasteiger charge is -2.40. The third kappa shape index (κ3) is 4.20. The van der Waals surface area contributed by atoms with Crippen molar-refractivity contribution in [3.8, 4) is 28.7 Å². The molecule has 4 heterocycles. The molecule has 0 radical (unpaired) electrons. The number of benzene rings is 2. The van der Waals surface area contributed by atoms with Gasteiger partial charge in [0.1, 0.15) is 11.1 Å². The van der Waals surface area contributed by atoms with Crippen molar-refractivity contribution in [2.75, 3.05) is 14.2 Å². The van der Waals surface area contributed by atoms with Crippen molar-refractivity contribution in [2.24, 2.45) is 0 Å². The zero-order valence-electron chi connectivity index (χ0n) is 23.7. The van der Waals surface area contributed by atoms with Crippen molar-refractivity contribution < 1.29 is 62.5 Å². The number of ether oxygens (including phenoxy) is 6. The van der Waals surface area contributed by atoms with Gasteiger partial charge in [-0.3, -0.25) is 9.59 Å². The number of phenolic OH excluding ortho intramolecular Hbond substituents is 3. The number of methoxy groups -OCH3 is 2. The molecule has 7 rings (SSSR count). The fourth-order valence-electron chi connectivity index (χ4n) is 6.11. The van der Waals surface area contributed by atoms with Crippen molar-refractivity contribution in [3.63, 3.8) is 0 Å². The molecule has 232 valence electrons. The minimum absolute atomic E-state index is 0.0248. The second kappa shape index (κ2) is 10.0. The van der Waals surface area contributed by atoms with Crippen LogP contribution in [-0.4, -0.2) is 59.2 Å². The van der Waals surface area contributed by atoms with Gasteiger partial charge in [-0.05, 0) is 30.0 Å². The Morgan fingerprint density at radius 2 is 1.78 bits per heavy atom. The van der Waals surface area contributed by atoms with Crippen LogP contribution in [-0.2, 0) is 25.4 Å². The Morgan fingerprint density at radius 1 is 1.00 bits per heavy atom. The highest BCUT2D eigenvalue weighted by molar-refractivity contribution is 6.26. The first kappa shape index (κ1) is 28.3. The van der Waals surface area contributed by atoms with Gasteiger partial charge in [0.15, 0.2) is 40.8 Å². The predicted octanol–water partition coefficient (Wildman–Crippen LogP) is 3.43. The molecule has 3 atom stereocenters. The first-order valence-corrected chi connectivity index (χ1v) is 13.8. The number of ketones is 2. The van der Waals surface area contributed by atoms with E-state index in [0.717, 1.165) is 13.2 Å². The molecule has 3 aromatic rings. The molecular formula is C31H24O14. The van der Waals surface area contributed by atoms with E-state index in [4.69, 9.17) is 28.1 Å². The van der Waals surface area contributed by atoms with Crippen LogP contribution < -0.4 is 15.1 Å². The molecule has 14 heteroatoms. The Balaban J connectivity index is 1.37. The number of hydrogen-bond acceptors (Lipinski definition) is 14. The number of esters is 1. The number of fused-ring (bicyclic) bond motifs is 4. The van der Waals surface area contributed by atoms with Gasteiger partial charge in [-0.15, -0.1) is 0 Å². The van der Waals surface area contributed by atoms with Crippen molar-refractivity contribution in [2.45, 2.75) is 43.9 Å². The van der Waals surface area contributed by atoms with Gasteiger partial charge in [0.2, 0.25) is 11.5 Å². The van der Waals surface area contributed by atoms with E-state index in [1.807, 2.05) is 6.08 Å². The topological polar surface area (TPSA) is 197 Å². The molecule has 3 aliphatic heterocycles. The molecule has 0 saturated heterocycles. The zero-order valence-corrected chi connectivity index (χ0v) is 23.7. The van der Waals surface area contributed by atoms with Crippen LogP contribution in [0.3, 0.4) is 0 Å². The summed E-state index contributed by atoms with van der Waals surface area (Å²) in [6.45, 7) is 0. The van der Waals surface area contributed by atoms with Crippen molar-refractivity contribution in [1.82, 2.24) is 0 Å². The number of aromatic hydroxyl groups is 3. The maximum Gasteiger partial charge on any atom is 0.374 e. The summed E-state index contributed by atoms with van der Waals surface area (Å²) in [7, 11) is 2.31. The molecule has 1 aliphatic carbocycles. The highest BCUT2D eigenvalue weighted by Gasteiger charge is 2.53. The number of allylic oxidation sites excluding steroid dienone is 3. The minimum atomic E-state index is -1.77. The molecule has 0 fully saturated rings. The average molecular weight is 621 g/mol. The number of Topliss-reactive ketones (excluding diaryl/α,β-unsaturated/α-hetero) is 1. The number of hydrogen-bond donors (Lipinski definition) is 3. The Labute approximate surface area is 252 Å². The second-order valence-corrected chi connectivity index (χ2v) is 10.8. The Morgan fingerprint density at radius 3 is 2.49 bits per heavy atom. The molecule has 0 bridgehead atoms. The molecule has 1 aromatic heterocycles. The van der Waals surface area contributed by atoms with Gasteiger partial charge >= 0.3 is 11.6 Å². The monoisotopic (exact) mass is 620 g/mol. The van der Waals surface area contributed by atoms with Crippen LogP contribution in [0.5, 0.6) is 28.7 Å². The molecule has 0 amide bonds. The molecule has 0 saturated carbocycles. The number of carbonyl (C=O) groups is 3. The highest BCUT2D eigenvalue weighted by Crippen LogP contribution is 2.57. The maximum absolute atomic E-state index is 13.0. The lowest BCUT2D eigenvalue weighted by Crippen LogP contribution is -2.46. The molecule has 4 aliphatic rings. The standard InChI is InChI=1S/C31H24O14/c1-39-16-9-15(32)21-22(24(16)34)26(36)28-14(23(21)33)10-31(45-28)11-18(42-19-5-3-4-6-41-19)13-7-12-8-17(29(37)40-2)43-30(38)20(12)25(35)27(13)44-31/h4,6-9,18-19,33,35-36H,3,5,10-11H2,1-2H3. The Kier molecular flexibility index (Phi) is 6.30. The molecule has 2 aromatic carbocycles. The van der Waals surface area contributed by atoms with Gasteiger partial charge in [-0.25, -0.2) is 9.59 Å². The first-order valence-electron chi connectivity index (χ1n) is 13.8. The summed E-state index contributed by atoms with van der Waals surface area (Å²) in [5.41, 5.74) is -1.71. The fourth-order valence-corrected chi connectivity index (χ4v) is 6.11. The molecule has 14 nitrogen and oxygen atoms in total. The van der Waals surface area contributed by atoms with Crippen LogP contribution in [0.4, 0.5) is 0 Å². The van der Waals surface area contributed by atoms with Crippen molar-refractivity contribution in [1.29, 1.82) is 0 Å². The lowest BCUT2D eigenvalue weighted by molar-refractivity contribution is -0.200. The average Bonchev–Trinajstić information content (AvgIpc) is 3.40. The smallest absolute Gasteiger partial charge is 0.374 e. The van der Waals surface area contributed by atoms with Crippen molar-refractivity contribution >= 4 is 28.3 Å². The number of rotatable bonds is 4. The minimum Gasteiger partial charge on any atom is -0.507 e. The second-order valence-electron chi connectivity index (χ2n) is 10.8. The Bertz CT molecular complexity index is 1970. The van der Waals surface area contributed by atoms with Crippen LogP contribution in [0.25, 0.3) is 10.8 Å². The predicted molar refractivity (Wildman–Crippen MR) is 148 cm³/mol. The van der Waals surface area contributed by atoms with Crippen LogP contribution in [0.2, 0.25) is 0 Å². The summed E-state index contributed by atoms with van der Waals surface area (Å²) in [6, 6.07) is 2.73. The van der Waals surface area contributed by atoms with Crippen LogP contribution >= 0.6 is 0 Å². The van der Waals surface area contributed by atoms with Gasteiger partial charge < -0.3 is 48.2 Å². The third-order valence-corrected chi connectivity index (χ3v) is 8.15. The van der Waals surface area contributed by atoms with E-state index in [1.165, 1.54) is 25.5 Å². The van der Waals surface area contributed by atoms with Gasteiger partial charge in [0.05, 0.1) is 50.6 Å². The highest BCUT2D eigenvalue weighted by atomic mass is 16.7. The van der Waals surface area contributed by atoms with E-state index in [9.17, 15) is 34.5 Å². The van der Waals surface area contributed by atoms with E-state index < -0.39 is 69.7 Å². The quantitative estimate of drug-likeness (QED) is 0.283. The van der Waals surface area contributed by atoms with E-state index >= 15 is 0 Å².